The number of aliphatic hydroxyl groups excluding tert-OH is 1. The second kappa shape index (κ2) is 7.93. The summed E-state index contributed by atoms with van der Waals surface area (Å²) in [5.41, 5.74) is 3.43. The summed E-state index contributed by atoms with van der Waals surface area (Å²) in [5.74, 6) is -1.01. The van der Waals surface area contributed by atoms with Gasteiger partial charge in [0.25, 0.3) is 5.91 Å². The number of hydrogen-bond acceptors (Lipinski definition) is 4. The molecule has 0 aliphatic rings. The lowest BCUT2D eigenvalue weighted by Gasteiger charge is -2.15. The van der Waals surface area contributed by atoms with Crippen LogP contribution in [0.25, 0.3) is 11.1 Å². The van der Waals surface area contributed by atoms with Crippen LogP contribution in [0.4, 0.5) is 5.69 Å². The molecule has 0 radical (unpaired) electrons. The Morgan fingerprint density at radius 1 is 0.963 bits per heavy atom. The molecule has 0 aliphatic carbocycles. The maximum Gasteiger partial charge on any atom is 0.257 e. The highest BCUT2D eigenvalue weighted by Gasteiger charge is 2.19. The van der Waals surface area contributed by atoms with Gasteiger partial charge in [-0.05, 0) is 41.3 Å². The van der Waals surface area contributed by atoms with Gasteiger partial charge in [-0.25, -0.2) is 0 Å². The van der Waals surface area contributed by atoms with E-state index in [0.717, 1.165) is 12.0 Å². The van der Waals surface area contributed by atoms with Gasteiger partial charge in [0.1, 0.15) is 0 Å². The van der Waals surface area contributed by atoms with Crippen molar-refractivity contribution in [3.63, 3.8) is 0 Å². The number of rotatable bonds is 5. The van der Waals surface area contributed by atoms with Crippen molar-refractivity contribution in [1.82, 2.24) is 0 Å². The first-order valence-electron chi connectivity index (χ1n) is 8.68. The number of benzene rings is 3. The number of aromatic hydroxyl groups is 2. The summed E-state index contributed by atoms with van der Waals surface area (Å²) in [7, 11) is 0. The van der Waals surface area contributed by atoms with Gasteiger partial charge in [-0.15, -0.1) is 0 Å². The molecule has 3 rings (SSSR count). The number of aliphatic hydroxyl groups is 1. The van der Waals surface area contributed by atoms with Crippen LogP contribution in [-0.2, 0) is 11.2 Å². The topological polar surface area (TPSA) is 89.8 Å². The average molecular weight is 363 g/mol. The smallest absolute Gasteiger partial charge is 0.257 e. The number of aryl methyl sites for hydroxylation is 1. The predicted molar refractivity (Wildman–Crippen MR) is 105 cm³/mol. The van der Waals surface area contributed by atoms with E-state index >= 15 is 0 Å². The summed E-state index contributed by atoms with van der Waals surface area (Å²) in [4.78, 5) is 12.5. The molecule has 27 heavy (non-hydrogen) atoms. The number of nitrogens with one attached hydrogen (secondary N) is 1. The van der Waals surface area contributed by atoms with Gasteiger partial charge in [0.15, 0.2) is 17.6 Å². The Hall–Kier alpha value is -3.31. The first-order valence-corrected chi connectivity index (χ1v) is 8.68. The molecule has 138 valence electrons. The van der Waals surface area contributed by atoms with E-state index in [2.05, 4.69) is 5.32 Å². The van der Waals surface area contributed by atoms with Crippen molar-refractivity contribution in [1.29, 1.82) is 0 Å². The first-order chi connectivity index (χ1) is 13.0. The molecule has 5 heteroatoms. The van der Waals surface area contributed by atoms with Crippen LogP contribution in [0.2, 0.25) is 0 Å². The highest BCUT2D eigenvalue weighted by atomic mass is 16.3. The molecule has 3 aromatic rings. The average Bonchev–Trinajstić information content (AvgIpc) is 2.70. The number of hydrogen-bond donors (Lipinski definition) is 4. The molecule has 0 aromatic heterocycles. The summed E-state index contributed by atoms with van der Waals surface area (Å²) < 4.78 is 0. The van der Waals surface area contributed by atoms with Gasteiger partial charge in [0.2, 0.25) is 0 Å². The van der Waals surface area contributed by atoms with Crippen LogP contribution in [0.3, 0.4) is 0 Å². The molecular weight excluding hydrogens is 342 g/mol. The Morgan fingerprint density at radius 3 is 2.33 bits per heavy atom. The number of carbonyl (C=O) groups excluding carboxylic acids is 1. The van der Waals surface area contributed by atoms with E-state index in [1.807, 2.05) is 19.1 Å². The van der Waals surface area contributed by atoms with E-state index in [0.29, 0.717) is 22.4 Å². The zero-order valence-electron chi connectivity index (χ0n) is 14.9. The Labute approximate surface area is 157 Å². The van der Waals surface area contributed by atoms with Crippen molar-refractivity contribution >= 4 is 11.6 Å². The highest BCUT2D eigenvalue weighted by molar-refractivity contribution is 5.98. The largest absolute Gasteiger partial charge is 0.504 e. The Morgan fingerprint density at radius 2 is 1.67 bits per heavy atom. The van der Waals surface area contributed by atoms with E-state index in [-0.39, 0.29) is 11.5 Å². The molecule has 4 N–H and O–H groups in total. The van der Waals surface area contributed by atoms with Crippen LogP contribution in [0, 0.1) is 0 Å². The van der Waals surface area contributed by atoms with Gasteiger partial charge in [-0.1, -0.05) is 55.5 Å². The minimum absolute atomic E-state index is 0.216. The molecule has 0 fully saturated rings. The third kappa shape index (κ3) is 4.10. The molecule has 5 nitrogen and oxygen atoms in total. The number of phenolic OH excluding ortho intramolecular Hbond substituents is 2. The maximum absolute atomic E-state index is 12.5. The highest BCUT2D eigenvalue weighted by Crippen LogP contribution is 2.34. The zero-order chi connectivity index (χ0) is 19.4. The predicted octanol–water partition coefficient (Wildman–Crippen LogP) is 4.00. The molecule has 0 saturated carbocycles. The van der Waals surface area contributed by atoms with Crippen LogP contribution in [0.5, 0.6) is 11.5 Å². The van der Waals surface area contributed by atoms with Crippen molar-refractivity contribution in [3.8, 4) is 22.6 Å². The monoisotopic (exact) mass is 363 g/mol. The normalized spacial score (nSPS) is 11.8. The number of phenols is 2. The lowest BCUT2D eigenvalue weighted by Crippen LogP contribution is -2.21. The summed E-state index contributed by atoms with van der Waals surface area (Å²) in [6, 6.07) is 18.8. The lowest BCUT2D eigenvalue weighted by atomic mass is 10.0. The summed E-state index contributed by atoms with van der Waals surface area (Å²) in [6.07, 6.45) is -0.410. The number of para-hydroxylation sites is 1. The van der Waals surface area contributed by atoms with Crippen LogP contribution in [-0.4, -0.2) is 21.2 Å². The number of amides is 1. The molecule has 0 bridgehead atoms. The van der Waals surface area contributed by atoms with Gasteiger partial charge in [0, 0.05) is 11.3 Å². The zero-order valence-corrected chi connectivity index (χ0v) is 14.9. The van der Waals surface area contributed by atoms with E-state index in [9.17, 15) is 20.1 Å². The fraction of sp³-hybridized carbons (Fsp3) is 0.136. The molecule has 0 aliphatic heterocycles. The second-order valence-electron chi connectivity index (χ2n) is 6.24. The Balaban J connectivity index is 1.84. The standard InChI is InChI=1S/C22H21NO4/c1-2-14-7-9-15(10-8-14)21(26)22(27)23-18-6-4-3-5-17(18)16-11-12-19(24)20(25)13-16/h3-13,21,24-26H,2H2,1H3,(H,23,27). The van der Waals surface area contributed by atoms with Crippen LogP contribution >= 0.6 is 0 Å². The lowest BCUT2D eigenvalue weighted by molar-refractivity contribution is -0.124. The van der Waals surface area contributed by atoms with Gasteiger partial charge in [-0.2, -0.15) is 0 Å². The first kappa shape index (κ1) is 18.5. The minimum atomic E-state index is -1.29. The van der Waals surface area contributed by atoms with Gasteiger partial charge in [0.05, 0.1) is 0 Å². The maximum atomic E-state index is 12.5. The van der Waals surface area contributed by atoms with E-state index in [1.54, 1.807) is 42.5 Å². The molecule has 1 unspecified atom stereocenters. The SMILES string of the molecule is CCc1ccc(C(O)C(=O)Nc2ccccc2-c2ccc(O)c(O)c2)cc1. The van der Waals surface area contributed by atoms with E-state index in [4.69, 9.17) is 0 Å². The third-order valence-corrected chi connectivity index (χ3v) is 4.42. The fourth-order valence-electron chi connectivity index (χ4n) is 2.82. The fourth-order valence-corrected chi connectivity index (χ4v) is 2.82. The Kier molecular flexibility index (Phi) is 5.43. The quantitative estimate of drug-likeness (QED) is 0.516. The van der Waals surface area contributed by atoms with E-state index in [1.165, 1.54) is 12.1 Å². The summed E-state index contributed by atoms with van der Waals surface area (Å²) in [6.45, 7) is 2.04. The summed E-state index contributed by atoms with van der Waals surface area (Å²) >= 11 is 0. The van der Waals surface area contributed by atoms with Crippen molar-refractivity contribution in [2.45, 2.75) is 19.4 Å². The molecule has 1 atom stereocenters. The number of anilines is 1. The molecule has 0 spiro atoms. The van der Waals surface area contributed by atoms with Crippen LogP contribution < -0.4 is 5.32 Å². The Bertz CT molecular complexity index is 951. The summed E-state index contributed by atoms with van der Waals surface area (Å²) in [5, 5.41) is 32.3. The third-order valence-electron chi connectivity index (χ3n) is 4.42. The molecule has 0 heterocycles. The second-order valence-corrected chi connectivity index (χ2v) is 6.24. The van der Waals surface area contributed by atoms with Crippen LogP contribution in [0.1, 0.15) is 24.2 Å². The molecular formula is C22H21NO4. The van der Waals surface area contributed by atoms with Gasteiger partial charge >= 0.3 is 0 Å². The van der Waals surface area contributed by atoms with Crippen molar-refractivity contribution in [2.24, 2.45) is 0 Å². The van der Waals surface area contributed by atoms with Gasteiger partial charge in [-0.3, -0.25) is 4.79 Å². The van der Waals surface area contributed by atoms with Crippen molar-refractivity contribution in [2.75, 3.05) is 5.32 Å². The number of carbonyl (C=O) groups is 1. The minimum Gasteiger partial charge on any atom is -0.504 e. The van der Waals surface area contributed by atoms with E-state index < -0.39 is 12.0 Å². The van der Waals surface area contributed by atoms with Gasteiger partial charge < -0.3 is 20.6 Å². The van der Waals surface area contributed by atoms with Crippen LogP contribution in [0.15, 0.2) is 66.7 Å². The van der Waals surface area contributed by atoms with Crippen molar-refractivity contribution in [3.05, 3.63) is 77.9 Å². The molecule has 3 aromatic carbocycles. The van der Waals surface area contributed by atoms with Crippen molar-refractivity contribution < 1.29 is 20.1 Å². The molecule has 1 amide bonds. The molecule has 0 saturated heterocycles.